The van der Waals surface area contributed by atoms with Crippen LogP contribution in [0.25, 0.3) is 0 Å². The van der Waals surface area contributed by atoms with E-state index in [0.29, 0.717) is 19.4 Å². The van der Waals surface area contributed by atoms with E-state index in [1.54, 1.807) is 0 Å². The number of carbonyl (C=O) groups excluding carboxylic acids is 1. The van der Waals surface area contributed by atoms with Gasteiger partial charge in [0.1, 0.15) is 5.75 Å². The number of hydrogen-bond acceptors (Lipinski definition) is 3. The van der Waals surface area contributed by atoms with Crippen molar-refractivity contribution in [2.45, 2.75) is 26.2 Å². The molecule has 0 saturated carbocycles. The standard InChI is InChI=1S/C13H17BrO3/c1-3-8-17-12-6-5-11(14)9-10(12)4-7-13(15)16-2/h5-6,9H,3-4,7-8H2,1-2H3. The Labute approximate surface area is 110 Å². The maximum atomic E-state index is 11.1. The molecule has 0 radical (unpaired) electrons. The third kappa shape index (κ3) is 4.77. The van der Waals surface area contributed by atoms with E-state index in [1.807, 2.05) is 18.2 Å². The number of hydrogen-bond donors (Lipinski definition) is 0. The second kappa shape index (κ2) is 7.33. The molecule has 0 aliphatic carbocycles. The van der Waals surface area contributed by atoms with Crippen molar-refractivity contribution in [2.75, 3.05) is 13.7 Å². The lowest BCUT2D eigenvalue weighted by atomic mass is 10.1. The summed E-state index contributed by atoms with van der Waals surface area (Å²) in [6.45, 7) is 2.75. The van der Waals surface area contributed by atoms with Gasteiger partial charge in [-0.2, -0.15) is 0 Å². The molecule has 0 heterocycles. The smallest absolute Gasteiger partial charge is 0.305 e. The van der Waals surface area contributed by atoms with Crippen LogP contribution in [0.15, 0.2) is 22.7 Å². The van der Waals surface area contributed by atoms with Crippen molar-refractivity contribution in [3.8, 4) is 5.75 Å². The monoisotopic (exact) mass is 300 g/mol. The minimum absolute atomic E-state index is 0.202. The van der Waals surface area contributed by atoms with E-state index in [9.17, 15) is 4.79 Å². The second-order valence-electron chi connectivity index (χ2n) is 3.68. The molecule has 1 aromatic carbocycles. The number of aryl methyl sites for hydroxylation is 1. The lowest BCUT2D eigenvalue weighted by Gasteiger charge is -2.11. The molecular weight excluding hydrogens is 284 g/mol. The topological polar surface area (TPSA) is 35.5 Å². The van der Waals surface area contributed by atoms with Gasteiger partial charge in [0, 0.05) is 10.9 Å². The number of carbonyl (C=O) groups is 1. The Hall–Kier alpha value is -1.03. The van der Waals surface area contributed by atoms with Crippen LogP contribution >= 0.6 is 15.9 Å². The summed E-state index contributed by atoms with van der Waals surface area (Å²) in [6, 6.07) is 5.84. The van der Waals surface area contributed by atoms with E-state index in [4.69, 9.17) is 4.74 Å². The van der Waals surface area contributed by atoms with E-state index in [1.165, 1.54) is 7.11 Å². The number of benzene rings is 1. The Morgan fingerprint density at radius 1 is 1.41 bits per heavy atom. The van der Waals surface area contributed by atoms with Crippen molar-refractivity contribution in [1.29, 1.82) is 0 Å². The minimum Gasteiger partial charge on any atom is -0.493 e. The van der Waals surface area contributed by atoms with Gasteiger partial charge in [0.25, 0.3) is 0 Å². The van der Waals surface area contributed by atoms with Gasteiger partial charge in [-0.25, -0.2) is 0 Å². The van der Waals surface area contributed by atoms with Crippen LogP contribution in [0, 0.1) is 0 Å². The second-order valence-corrected chi connectivity index (χ2v) is 4.59. The molecule has 0 bridgehead atoms. The first-order valence-corrected chi connectivity index (χ1v) is 6.44. The summed E-state index contributed by atoms with van der Waals surface area (Å²) < 4.78 is 11.3. The quantitative estimate of drug-likeness (QED) is 0.756. The van der Waals surface area contributed by atoms with Crippen molar-refractivity contribution in [2.24, 2.45) is 0 Å². The molecule has 17 heavy (non-hydrogen) atoms. The van der Waals surface area contributed by atoms with E-state index >= 15 is 0 Å². The summed E-state index contributed by atoms with van der Waals surface area (Å²) in [5, 5.41) is 0. The van der Waals surface area contributed by atoms with E-state index in [-0.39, 0.29) is 5.97 Å². The first-order chi connectivity index (χ1) is 8.17. The molecule has 0 spiro atoms. The first-order valence-electron chi connectivity index (χ1n) is 5.65. The predicted molar refractivity (Wildman–Crippen MR) is 70.3 cm³/mol. The maximum absolute atomic E-state index is 11.1. The molecule has 3 nitrogen and oxygen atoms in total. The Bertz CT molecular complexity index is 377. The Morgan fingerprint density at radius 2 is 2.18 bits per heavy atom. The van der Waals surface area contributed by atoms with Gasteiger partial charge in [-0.1, -0.05) is 22.9 Å². The van der Waals surface area contributed by atoms with Crippen molar-refractivity contribution in [1.82, 2.24) is 0 Å². The fourth-order valence-electron chi connectivity index (χ4n) is 1.44. The van der Waals surface area contributed by atoms with Crippen LogP contribution in [0.3, 0.4) is 0 Å². The van der Waals surface area contributed by atoms with Crippen molar-refractivity contribution in [3.05, 3.63) is 28.2 Å². The molecule has 0 aliphatic rings. The SMILES string of the molecule is CCCOc1ccc(Br)cc1CCC(=O)OC. The van der Waals surface area contributed by atoms with Crippen molar-refractivity contribution in [3.63, 3.8) is 0 Å². The highest BCUT2D eigenvalue weighted by Gasteiger charge is 2.07. The highest BCUT2D eigenvalue weighted by molar-refractivity contribution is 9.10. The summed E-state index contributed by atoms with van der Waals surface area (Å²) in [5.74, 6) is 0.644. The molecule has 0 unspecified atom stereocenters. The molecule has 94 valence electrons. The zero-order chi connectivity index (χ0) is 12.7. The normalized spacial score (nSPS) is 10.1. The number of halogens is 1. The molecule has 0 atom stereocenters. The summed E-state index contributed by atoms with van der Waals surface area (Å²) >= 11 is 3.42. The van der Waals surface area contributed by atoms with Gasteiger partial charge in [-0.3, -0.25) is 4.79 Å². The van der Waals surface area contributed by atoms with Crippen LogP contribution in [-0.4, -0.2) is 19.7 Å². The largest absolute Gasteiger partial charge is 0.493 e. The van der Waals surface area contributed by atoms with Gasteiger partial charge >= 0.3 is 5.97 Å². The van der Waals surface area contributed by atoms with Gasteiger partial charge in [0.2, 0.25) is 0 Å². The highest BCUT2D eigenvalue weighted by Crippen LogP contribution is 2.24. The molecule has 0 amide bonds. The van der Waals surface area contributed by atoms with Crippen molar-refractivity contribution < 1.29 is 14.3 Å². The van der Waals surface area contributed by atoms with Crippen LogP contribution in [0.5, 0.6) is 5.75 Å². The zero-order valence-corrected chi connectivity index (χ0v) is 11.7. The average Bonchev–Trinajstić information content (AvgIpc) is 2.34. The van der Waals surface area contributed by atoms with E-state index < -0.39 is 0 Å². The molecular formula is C13H17BrO3. The molecule has 4 heteroatoms. The van der Waals surface area contributed by atoms with Crippen LogP contribution < -0.4 is 4.74 Å². The summed E-state index contributed by atoms with van der Waals surface area (Å²) in [6.07, 6.45) is 1.97. The van der Waals surface area contributed by atoms with Crippen molar-refractivity contribution >= 4 is 21.9 Å². The fraction of sp³-hybridized carbons (Fsp3) is 0.462. The fourth-order valence-corrected chi connectivity index (χ4v) is 1.84. The number of ether oxygens (including phenoxy) is 2. The average molecular weight is 301 g/mol. The van der Waals surface area contributed by atoms with Gasteiger partial charge < -0.3 is 9.47 Å². The first kappa shape index (κ1) is 14.0. The maximum Gasteiger partial charge on any atom is 0.305 e. The molecule has 0 fully saturated rings. The third-order valence-electron chi connectivity index (χ3n) is 2.31. The predicted octanol–water partition coefficient (Wildman–Crippen LogP) is 3.34. The Balaban J connectivity index is 2.72. The Morgan fingerprint density at radius 3 is 2.82 bits per heavy atom. The lowest BCUT2D eigenvalue weighted by molar-refractivity contribution is -0.140. The molecule has 0 aliphatic heterocycles. The van der Waals surface area contributed by atoms with E-state index in [0.717, 1.165) is 22.2 Å². The van der Waals surface area contributed by atoms with E-state index in [2.05, 4.69) is 27.6 Å². The van der Waals surface area contributed by atoms with Crippen LogP contribution in [0.2, 0.25) is 0 Å². The molecule has 0 N–H and O–H groups in total. The molecule has 0 saturated heterocycles. The molecule has 0 aromatic heterocycles. The van der Waals surface area contributed by atoms with Crippen LogP contribution in [0.1, 0.15) is 25.3 Å². The minimum atomic E-state index is -0.202. The lowest BCUT2D eigenvalue weighted by Crippen LogP contribution is -2.04. The van der Waals surface area contributed by atoms with Gasteiger partial charge in [-0.15, -0.1) is 0 Å². The number of rotatable bonds is 6. The van der Waals surface area contributed by atoms with Gasteiger partial charge in [0.15, 0.2) is 0 Å². The summed E-state index contributed by atoms with van der Waals surface area (Å²) in [7, 11) is 1.40. The van der Waals surface area contributed by atoms with Crippen LogP contribution in [-0.2, 0) is 16.0 Å². The Kier molecular flexibility index (Phi) is 6.05. The number of esters is 1. The zero-order valence-electron chi connectivity index (χ0n) is 10.2. The number of methoxy groups -OCH3 is 1. The van der Waals surface area contributed by atoms with Gasteiger partial charge in [0.05, 0.1) is 13.7 Å². The van der Waals surface area contributed by atoms with Crippen LogP contribution in [0.4, 0.5) is 0 Å². The highest BCUT2D eigenvalue weighted by atomic mass is 79.9. The third-order valence-corrected chi connectivity index (χ3v) is 2.80. The summed E-state index contributed by atoms with van der Waals surface area (Å²) in [5.41, 5.74) is 1.03. The molecule has 1 rings (SSSR count). The summed E-state index contributed by atoms with van der Waals surface area (Å²) in [4.78, 5) is 11.1. The molecule has 1 aromatic rings. The van der Waals surface area contributed by atoms with Gasteiger partial charge in [-0.05, 0) is 36.6 Å².